The topological polar surface area (TPSA) is 289 Å². The third kappa shape index (κ3) is 19.4. The summed E-state index contributed by atoms with van der Waals surface area (Å²) in [6.45, 7) is 43.4. The zero-order valence-electron chi connectivity index (χ0n) is 73.3. The Bertz CT molecular complexity index is 3690. The second-order valence-electron chi connectivity index (χ2n) is 40.0. The average Bonchev–Trinajstić information content (AvgIpc) is 1.56. The Balaban J connectivity index is 0.000000197. The summed E-state index contributed by atoms with van der Waals surface area (Å²) in [5, 5.41) is 35.0. The first-order valence-electron chi connectivity index (χ1n) is 46.8. The summed E-state index contributed by atoms with van der Waals surface area (Å²) in [6.07, 6.45) is 8.87. The Hall–Kier alpha value is -3.50. The molecule has 702 valence electrons. The molecule has 18 aliphatic heterocycles. The van der Waals surface area contributed by atoms with Crippen molar-refractivity contribution in [3.63, 3.8) is 0 Å². The lowest BCUT2D eigenvalue weighted by atomic mass is 9.78. The Morgan fingerprint density at radius 1 is 0.411 bits per heavy atom. The lowest BCUT2D eigenvalue weighted by Crippen LogP contribution is -2.64. The fraction of sp³-hybridized carbons (Fsp3) is 0.857. The lowest BCUT2D eigenvalue weighted by molar-refractivity contribution is -0.323. The molecule has 18 fully saturated rings. The monoisotopic (exact) mass is 1750 g/mol. The quantitative estimate of drug-likeness (QED) is 0.128. The van der Waals surface area contributed by atoms with Crippen LogP contribution in [0.15, 0.2) is 73.9 Å². The molecule has 0 aliphatic carbocycles. The molecule has 124 heavy (non-hydrogen) atoms. The molecule has 18 heterocycles. The number of carbonyl (C=O) groups excluding carboxylic acids is 2. The standard InChI is InChI=1S/C48H72O12.C47H70O14.3CH4/c1-9-11-34-27(5)21-38-41(56-34)29(7)42-39(55-38)23-37-28(6)25(3)19-31(53-37)12-14-35-26(4)20-33(52-35)16-17-47(50)24-48(51-18-10-2)30(8)43-45(60-48)46(59-47)44-36(57-43)15-13-32(54-44)22-40(49)58-42;1-8-17-52-47-23-46(50)15-13-31-19-25(3)32(53-31)11-9-29-18-24(2)26(4)35(54-29)21-37-41(27(5)40-38(56-37)22-36(51-7)33(57-40)14-16-48)59-39(49)20-30-10-12-34-43(55-30)45(60-46)44(61-47)42(58-34)28(47)6;;;/h10,25,27,29-39,41-46,50H,2,4,6,9,11-24H2,1,3,5,7-8H3;8,24,27-38,40-45,48,50H,1,3-4,9-23H2,2,5-7H3;3*1H4/t25-,27-,29+,30+,31+,32?,33+,34-,35?,36+,37?,38+,39+,41+,42-,43?,44+,45-,46+,47+,48?;24-,27+,28+,29+,30?,31+,32?,33-,34+,35?,36-,37+,38+,40+,41-,42?,43+,44-,45+,46+,47?;;;/m11.../s1. The largest absolute Gasteiger partial charge is 0.459 e. The van der Waals surface area contributed by atoms with Gasteiger partial charge in [-0.15, -0.1) is 13.2 Å². The predicted molar refractivity (Wildman–Crippen MR) is 460 cm³/mol. The van der Waals surface area contributed by atoms with Crippen molar-refractivity contribution in [2.45, 2.75) is 463 Å². The van der Waals surface area contributed by atoms with Gasteiger partial charge in [-0.2, -0.15) is 0 Å². The van der Waals surface area contributed by atoms with Crippen LogP contribution in [0.1, 0.15) is 251 Å². The van der Waals surface area contributed by atoms with Crippen molar-refractivity contribution in [1.82, 2.24) is 0 Å². The van der Waals surface area contributed by atoms with Gasteiger partial charge in [0, 0.05) is 69.5 Å². The van der Waals surface area contributed by atoms with E-state index in [-0.39, 0.29) is 225 Å². The second kappa shape index (κ2) is 39.7. The molecule has 42 atom stereocenters. The van der Waals surface area contributed by atoms with Crippen LogP contribution in [-0.4, -0.2) is 267 Å². The number of ether oxygens (including phenoxy) is 21. The van der Waals surface area contributed by atoms with Gasteiger partial charge in [-0.25, -0.2) is 0 Å². The number of fused-ring (bicyclic) bond motifs is 18. The van der Waals surface area contributed by atoms with Crippen molar-refractivity contribution in [2.24, 2.45) is 41.4 Å². The Morgan fingerprint density at radius 2 is 0.823 bits per heavy atom. The maximum atomic E-state index is 14.2. The molecule has 10 unspecified atom stereocenters. The molecule has 0 aromatic carbocycles. The van der Waals surface area contributed by atoms with E-state index in [0.717, 1.165) is 86.5 Å². The smallest absolute Gasteiger partial charge is 0.308 e. The summed E-state index contributed by atoms with van der Waals surface area (Å²) in [5.74, 6) is -6.15. The molecule has 18 aliphatic rings. The number of esters is 2. The van der Waals surface area contributed by atoms with Gasteiger partial charge in [0.1, 0.15) is 48.8 Å². The molecule has 18 saturated heterocycles. The lowest BCUT2D eigenvalue weighted by Gasteiger charge is -2.51. The van der Waals surface area contributed by atoms with Crippen molar-refractivity contribution in [3.05, 3.63) is 73.9 Å². The van der Waals surface area contributed by atoms with E-state index in [1.807, 2.05) is 0 Å². The zero-order valence-corrected chi connectivity index (χ0v) is 73.3. The number of rotatable bonds is 11. The maximum absolute atomic E-state index is 14.2. The normalized spacial score (nSPS) is 50.5. The molecule has 26 nitrogen and oxygen atoms in total. The highest BCUT2D eigenvalue weighted by molar-refractivity contribution is 5.71. The third-order valence-electron chi connectivity index (χ3n) is 31.7. The molecule has 0 radical (unpaired) electrons. The van der Waals surface area contributed by atoms with Crippen LogP contribution in [0.4, 0.5) is 0 Å². The minimum atomic E-state index is -1.62. The first-order chi connectivity index (χ1) is 58.1. The fourth-order valence-electron chi connectivity index (χ4n) is 24.9. The Kier molecular flexibility index (Phi) is 30.9. The van der Waals surface area contributed by atoms with Crippen molar-refractivity contribution in [1.29, 1.82) is 0 Å². The number of aliphatic hydroxyl groups excluding tert-OH is 1. The van der Waals surface area contributed by atoms with Gasteiger partial charge in [0.05, 0.1) is 179 Å². The summed E-state index contributed by atoms with van der Waals surface area (Å²) >= 11 is 0. The van der Waals surface area contributed by atoms with Gasteiger partial charge in [-0.05, 0) is 149 Å². The second-order valence-corrected chi connectivity index (χ2v) is 40.0. The van der Waals surface area contributed by atoms with Gasteiger partial charge in [-0.1, -0.05) is 123 Å². The Labute approximate surface area is 738 Å². The van der Waals surface area contributed by atoms with E-state index in [1.165, 1.54) is 0 Å². The van der Waals surface area contributed by atoms with E-state index in [1.54, 1.807) is 19.3 Å². The van der Waals surface area contributed by atoms with E-state index in [9.17, 15) is 24.9 Å². The van der Waals surface area contributed by atoms with Crippen LogP contribution in [0, 0.1) is 41.4 Å². The number of carbonyl (C=O) groups is 2. The number of aliphatic hydroxyl groups is 3. The summed E-state index contributed by atoms with van der Waals surface area (Å²) in [4.78, 5) is 28.5. The van der Waals surface area contributed by atoms with Crippen LogP contribution in [-0.2, 0) is 109 Å². The minimum Gasteiger partial charge on any atom is -0.459 e. The van der Waals surface area contributed by atoms with Crippen LogP contribution < -0.4 is 0 Å². The van der Waals surface area contributed by atoms with Crippen LogP contribution in [0.25, 0.3) is 0 Å². The molecular formula is C98H154O26. The van der Waals surface area contributed by atoms with Crippen molar-refractivity contribution >= 4 is 11.9 Å². The molecule has 20 bridgehead atoms. The fourth-order valence-corrected chi connectivity index (χ4v) is 24.9. The molecule has 0 aromatic heterocycles. The van der Waals surface area contributed by atoms with Crippen LogP contribution in [0.5, 0.6) is 0 Å². The van der Waals surface area contributed by atoms with Crippen molar-refractivity contribution in [3.8, 4) is 0 Å². The zero-order chi connectivity index (χ0) is 84.9. The van der Waals surface area contributed by atoms with Crippen molar-refractivity contribution in [2.75, 3.05) is 26.9 Å². The van der Waals surface area contributed by atoms with Gasteiger partial charge in [0.25, 0.3) is 0 Å². The van der Waals surface area contributed by atoms with E-state index in [4.69, 9.17) is 99.5 Å². The molecule has 0 spiro atoms. The maximum Gasteiger partial charge on any atom is 0.308 e. The number of hydrogen-bond acceptors (Lipinski definition) is 26. The van der Waals surface area contributed by atoms with Gasteiger partial charge in [0.15, 0.2) is 23.1 Å². The first-order valence-corrected chi connectivity index (χ1v) is 46.8. The van der Waals surface area contributed by atoms with Gasteiger partial charge >= 0.3 is 11.9 Å². The van der Waals surface area contributed by atoms with Crippen LogP contribution in [0.3, 0.4) is 0 Å². The van der Waals surface area contributed by atoms with E-state index < -0.39 is 102 Å². The van der Waals surface area contributed by atoms with Gasteiger partial charge in [-0.3, -0.25) is 9.59 Å². The van der Waals surface area contributed by atoms with E-state index in [2.05, 4.69) is 94.9 Å². The Morgan fingerprint density at radius 3 is 1.26 bits per heavy atom. The van der Waals surface area contributed by atoms with Crippen molar-refractivity contribution < 1.29 is 124 Å². The summed E-state index contributed by atoms with van der Waals surface area (Å²) in [6, 6.07) is 0. The van der Waals surface area contributed by atoms with E-state index >= 15 is 0 Å². The highest BCUT2D eigenvalue weighted by Gasteiger charge is 2.71. The van der Waals surface area contributed by atoms with Crippen LogP contribution >= 0.6 is 0 Å². The van der Waals surface area contributed by atoms with E-state index in [0.29, 0.717) is 89.4 Å². The molecule has 18 rings (SSSR count). The molecule has 0 saturated carbocycles. The summed E-state index contributed by atoms with van der Waals surface area (Å²) < 4.78 is 141. The van der Waals surface area contributed by atoms with Gasteiger partial charge in [0.2, 0.25) is 0 Å². The molecule has 0 amide bonds. The molecular weight excluding hydrogens is 1590 g/mol. The van der Waals surface area contributed by atoms with Crippen LogP contribution in [0.2, 0.25) is 0 Å². The minimum absolute atomic E-state index is 0. The van der Waals surface area contributed by atoms with Gasteiger partial charge < -0.3 is 115 Å². The highest BCUT2D eigenvalue weighted by atomic mass is 16.8. The average molecular weight is 1750 g/mol. The first kappa shape index (κ1) is 96.6. The number of methoxy groups -OCH3 is 1. The summed E-state index contributed by atoms with van der Waals surface area (Å²) in [7, 11) is 1.66. The molecule has 3 N–H and O–H groups in total. The highest BCUT2D eigenvalue weighted by Crippen LogP contribution is 2.58. The summed E-state index contributed by atoms with van der Waals surface area (Å²) in [5.41, 5.74) is 4.20. The third-order valence-corrected chi connectivity index (χ3v) is 31.7. The predicted octanol–water partition coefficient (Wildman–Crippen LogP) is 13.9. The molecule has 26 heteroatoms. The molecule has 0 aromatic rings. The number of hydrogen-bond donors (Lipinski definition) is 3. The SMILES string of the molecule is C.C.C.C=CCOC12C[C@]3(O)CC[C@H]4CC(=C)C(CC[C@H]5C[C@@H](C)C(=C)C(C[C@@H]6O[C@H]7C[C@@H](C)[C@@H](CCC)O[C@H]7[C@H](C)[C@H]6OC(=O)CC6CC[C@@H]7OC([C@@H](O1)[C@@H](O3)[C@H]7O6)[C@@H]2C)O5)O4.C=CCOC12C[C@]3(O)CC[C@H]4CC(=C)C(CC[C@H]5C[C@@H](C)C(=C)C(C[C@@H]6O[C@H]7C[C@@H](OC)[C@@H](CCO)O[C@H]7[C@H](C)[C@H]6OC(=O)CC6CC[C@@H]7OC([C@@H](O1)[C@@H](O3)[C@H]7O6)[C@@H]2C)O5)O4.